The molecule has 2 aliphatic rings. The second kappa shape index (κ2) is 9.07. The van der Waals surface area contributed by atoms with Crippen molar-refractivity contribution in [3.63, 3.8) is 0 Å². The summed E-state index contributed by atoms with van der Waals surface area (Å²) in [5.41, 5.74) is 0. The normalized spacial score (nSPS) is 23.4. The molecule has 160 valence electrons. The fourth-order valence-corrected chi connectivity index (χ4v) is 3.62. The lowest BCUT2D eigenvalue weighted by atomic mass is 9.99. The van der Waals surface area contributed by atoms with Gasteiger partial charge in [0.05, 0.1) is 12.6 Å². The van der Waals surface area contributed by atoms with E-state index in [-0.39, 0.29) is 12.3 Å². The number of benzene rings is 1. The maximum atomic E-state index is 14.0. The highest BCUT2D eigenvalue weighted by atomic mass is 19.3. The Morgan fingerprint density at radius 1 is 1.37 bits per heavy atom. The second-order valence-corrected chi connectivity index (χ2v) is 7.40. The number of nitrogens with zero attached hydrogens (tertiary/aromatic N) is 2. The number of rotatable bonds is 7. The Labute approximate surface area is 172 Å². The lowest BCUT2D eigenvalue weighted by Gasteiger charge is -2.24. The van der Waals surface area contributed by atoms with Crippen LogP contribution in [0, 0.1) is 17.2 Å². The zero-order valence-electron chi connectivity index (χ0n) is 16.1. The molecule has 2 N–H and O–H groups in total. The number of hydrogen-bond acceptors (Lipinski definition) is 5. The molecule has 2 aliphatic heterocycles. The van der Waals surface area contributed by atoms with E-state index in [1.165, 1.54) is 0 Å². The van der Waals surface area contributed by atoms with Gasteiger partial charge in [-0.25, -0.2) is 8.78 Å². The van der Waals surface area contributed by atoms with Crippen molar-refractivity contribution in [1.82, 2.24) is 15.5 Å². The van der Waals surface area contributed by atoms with Crippen LogP contribution < -0.4 is 15.4 Å². The van der Waals surface area contributed by atoms with Gasteiger partial charge in [0.25, 0.3) is 11.8 Å². The van der Waals surface area contributed by atoms with E-state index in [0.717, 1.165) is 4.90 Å². The Morgan fingerprint density at radius 3 is 2.73 bits per heavy atom. The highest BCUT2D eigenvalue weighted by molar-refractivity contribution is 5.89. The van der Waals surface area contributed by atoms with Crippen LogP contribution in [0.15, 0.2) is 30.3 Å². The van der Waals surface area contributed by atoms with E-state index in [4.69, 9.17) is 4.74 Å². The first-order chi connectivity index (χ1) is 14.3. The summed E-state index contributed by atoms with van der Waals surface area (Å²) in [6.07, 6.45) is -0.212. The smallest absolute Gasteiger partial charge is 0.267 e. The summed E-state index contributed by atoms with van der Waals surface area (Å²) >= 11 is 0. The minimum Gasteiger partial charge on any atom is -0.484 e. The van der Waals surface area contributed by atoms with Crippen LogP contribution in [-0.2, 0) is 14.4 Å². The zero-order chi connectivity index (χ0) is 21.7. The van der Waals surface area contributed by atoms with E-state index in [2.05, 4.69) is 10.6 Å². The molecule has 0 radical (unpaired) electrons. The van der Waals surface area contributed by atoms with Crippen molar-refractivity contribution in [3.05, 3.63) is 30.3 Å². The van der Waals surface area contributed by atoms with E-state index in [1.54, 1.807) is 30.3 Å². The Morgan fingerprint density at radius 2 is 2.10 bits per heavy atom. The highest BCUT2D eigenvalue weighted by Crippen LogP contribution is 2.32. The van der Waals surface area contributed by atoms with Gasteiger partial charge < -0.3 is 20.3 Å². The average molecular weight is 420 g/mol. The van der Waals surface area contributed by atoms with Crippen LogP contribution in [0.5, 0.6) is 5.75 Å². The third-order valence-corrected chi connectivity index (χ3v) is 5.15. The van der Waals surface area contributed by atoms with Crippen molar-refractivity contribution in [1.29, 1.82) is 5.26 Å². The number of nitrogens with one attached hydrogen (secondary N) is 2. The quantitative estimate of drug-likeness (QED) is 0.679. The lowest BCUT2D eigenvalue weighted by molar-refractivity contribution is -0.140. The van der Waals surface area contributed by atoms with Crippen LogP contribution in [0.3, 0.4) is 0 Å². The number of nitriles is 1. The predicted octanol–water partition coefficient (Wildman–Crippen LogP) is 0.836. The van der Waals surface area contributed by atoms with Crippen molar-refractivity contribution in [2.24, 2.45) is 5.92 Å². The zero-order valence-corrected chi connectivity index (χ0v) is 16.1. The minimum atomic E-state index is -3.22. The monoisotopic (exact) mass is 420 g/mol. The SMILES string of the molecule is N#C[C@H](C[C@@H]1CCNC1=O)NC(=O)C1CC(F)(F)CN1C(=O)COc1ccccc1. The van der Waals surface area contributed by atoms with E-state index in [9.17, 15) is 28.4 Å². The minimum absolute atomic E-state index is 0.0856. The maximum Gasteiger partial charge on any atom is 0.267 e. The number of carbonyl (C=O) groups is 3. The van der Waals surface area contributed by atoms with Crippen molar-refractivity contribution in [3.8, 4) is 11.8 Å². The van der Waals surface area contributed by atoms with Gasteiger partial charge in [-0.2, -0.15) is 5.26 Å². The number of carbonyl (C=O) groups excluding carboxylic acids is 3. The van der Waals surface area contributed by atoms with Gasteiger partial charge in [0.1, 0.15) is 17.8 Å². The standard InChI is InChI=1S/C20H22F2N4O4/c21-20(22)9-16(19(29)25-14(10-23)8-13-6-7-24-18(13)28)26(12-20)17(27)11-30-15-4-2-1-3-5-15/h1-5,13-14,16H,6-9,11-12H2,(H,24,28)(H,25,29)/t13-,14-,16?/m0/s1. The number of ether oxygens (including phenoxy) is 1. The second-order valence-electron chi connectivity index (χ2n) is 7.40. The average Bonchev–Trinajstić information content (AvgIpc) is 3.28. The maximum absolute atomic E-state index is 14.0. The van der Waals surface area contributed by atoms with Gasteiger partial charge in [0.2, 0.25) is 11.8 Å². The third kappa shape index (κ3) is 5.23. The number of likely N-dealkylation sites (tertiary alicyclic amines) is 1. The molecule has 8 nitrogen and oxygen atoms in total. The molecule has 2 heterocycles. The van der Waals surface area contributed by atoms with Gasteiger partial charge in [-0.15, -0.1) is 0 Å². The first-order valence-corrected chi connectivity index (χ1v) is 9.62. The van der Waals surface area contributed by atoms with Crippen LogP contribution in [0.1, 0.15) is 19.3 Å². The van der Waals surface area contributed by atoms with Gasteiger partial charge >= 0.3 is 0 Å². The van der Waals surface area contributed by atoms with E-state index in [0.29, 0.717) is 18.7 Å². The number of halogens is 2. The molecule has 10 heteroatoms. The predicted molar refractivity (Wildman–Crippen MR) is 100 cm³/mol. The molecule has 3 rings (SSSR count). The lowest BCUT2D eigenvalue weighted by Crippen LogP contribution is -2.50. The molecular weight excluding hydrogens is 398 g/mol. The first kappa shape index (κ1) is 21.5. The van der Waals surface area contributed by atoms with Crippen molar-refractivity contribution < 1.29 is 27.9 Å². The molecule has 30 heavy (non-hydrogen) atoms. The largest absolute Gasteiger partial charge is 0.484 e. The molecule has 0 aliphatic carbocycles. The molecule has 1 unspecified atom stereocenters. The van der Waals surface area contributed by atoms with Crippen molar-refractivity contribution in [2.75, 3.05) is 19.7 Å². The summed E-state index contributed by atoms with van der Waals surface area (Å²) < 4.78 is 33.3. The van der Waals surface area contributed by atoms with Crippen molar-refractivity contribution in [2.45, 2.75) is 37.3 Å². The third-order valence-electron chi connectivity index (χ3n) is 5.15. The summed E-state index contributed by atoms with van der Waals surface area (Å²) in [6, 6.07) is 7.85. The van der Waals surface area contributed by atoms with Gasteiger partial charge in [-0.05, 0) is 25.0 Å². The summed E-state index contributed by atoms with van der Waals surface area (Å²) in [5, 5.41) is 14.4. The summed E-state index contributed by atoms with van der Waals surface area (Å²) in [6.45, 7) is -0.897. The molecule has 0 bridgehead atoms. The fraction of sp³-hybridized carbons (Fsp3) is 0.500. The van der Waals surface area contributed by atoms with Crippen LogP contribution >= 0.6 is 0 Å². The molecular formula is C20H22F2N4O4. The number of alkyl halides is 2. The van der Waals surface area contributed by atoms with Crippen LogP contribution in [-0.4, -0.2) is 60.3 Å². The van der Waals surface area contributed by atoms with Crippen LogP contribution in [0.25, 0.3) is 0 Å². The topological polar surface area (TPSA) is 112 Å². The Balaban J connectivity index is 1.62. The highest BCUT2D eigenvalue weighted by Gasteiger charge is 2.50. The molecule has 0 aromatic heterocycles. The summed E-state index contributed by atoms with van der Waals surface area (Å²) in [4.78, 5) is 37.6. The van der Waals surface area contributed by atoms with Gasteiger partial charge in [-0.3, -0.25) is 14.4 Å². The van der Waals surface area contributed by atoms with Crippen molar-refractivity contribution >= 4 is 17.7 Å². The Hall–Kier alpha value is -3.22. The molecule has 0 spiro atoms. The first-order valence-electron chi connectivity index (χ1n) is 9.62. The van der Waals surface area contributed by atoms with Crippen LogP contribution in [0.4, 0.5) is 8.78 Å². The number of para-hydroxylation sites is 1. The van der Waals surface area contributed by atoms with E-state index < -0.39 is 55.3 Å². The summed E-state index contributed by atoms with van der Waals surface area (Å²) in [7, 11) is 0. The number of hydrogen-bond donors (Lipinski definition) is 2. The van der Waals surface area contributed by atoms with Crippen LogP contribution in [0.2, 0.25) is 0 Å². The summed E-state index contributed by atoms with van der Waals surface area (Å²) in [5.74, 6) is -5.04. The molecule has 2 fully saturated rings. The molecule has 1 aromatic carbocycles. The van der Waals surface area contributed by atoms with E-state index >= 15 is 0 Å². The molecule has 2 saturated heterocycles. The van der Waals surface area contributed by atoms with Gasteiger partial charge in [-0.1, -0.05) is 18.2 Å². The molecule has 0 saturated carbocycles. The Kier molecular flexibility index (Phi) is 6.50. The molecule has 1 aromatic rings. The molecule has 3 atom stereocenters. The van der Waals surface area contributed by atoms with Gasteiger partial charge in [0, 0.05) is 18.9 Å². The Bertz CT molecular complexity index is 843. The van der Waals surface area contributed by atoms with E-state index in [1.807, 2.05) is 6.07 Å². The van der Waals surface area contributed by atoms with Gasteiger partial charge in [0.15, 0.2) is 6.61 Å². The fourth-order valence-electron chi connectivity index (χ4n) is 3.62. The molecule has 3 amide bonds. The number of amides is 3.